The standard InChI is InChI=1S/C12H10N2O2/c1-3-7-14-11-9(8-13-14)5-4-6-10(11)12(15)16-2/h4-6,8H,1-2H3. The van der Waals surface area contributed by atoms with Gasteiger partial charge in [-0.15, -0.1) is 0 Å². The minimum Gasteiger partial charge on any atom is -0.465 e. The maximum atomic E-state index is 11.6. The molecule has 1 aromatic carbocycles. The molecule has 0 radical (unpaired) electrons. The second-order valence-electron chi connectivity index (χ2n) is 3.15. The lowest BCUT2D eigenvalue weighted by Gasteiger charge is -2.01. The Morgan fingerprint density at radius 2 is 2.31 bits per heavy atom. The summed E-state index contributed by atoms with van der Waals surface area (Å²) in [6.45, 7) is 1.72. The molecule has 0 saturated carbocycles. The number of hydrogen-bond donors (Lipinski definition) is 0. The van der Waals surface area contributed by atoms with Crippen LogP contribution >= 0.6 is 0 Å². The Kier molecular flexibility index (Phi) is 2.61. The number of benzene rings is 1. The first-order valence-electron chi connectivity index (χ1n) is 4.75. The molecule has 0 bridgehead atoms. The third-order valence-electron chi connectivity index (χ3n) is 2.21. The maximum absolute atomic E-state index is 11.6. The van der Waals surface area contributed by atoms with Crippen LogP contribution in [0.3, 0.4) is 0 Å². The quantitative estimate of drug-likeness (QED) is 0.535. The van der Waals surface area contributed by atoms with Crippen molar-refractivity contribution in [2.45, 2.75) is 6.92 Å². The number of hydrogen-bond acceptors (Lipinski definition) is 3. The van der Waals surface area contributed by atoms with Gasteiger partial charge in [-0.1, -0.05) is 18.1 Å². The van der Waals surface area contributed by atoms with E-state index in [2.05, 4.69) is 17.1 Å². The number of carbonyl (C=O) groups is 1. The number of ether oxygens (including phenoxy) is 1. The molecular weight excluding hydrogens is 204 g/mol. The van der Waals surface area contributed by atoms with E-state index >= 15 is 0 Å². The van der Waals surface area contributed by atoms with Crippen molar-refractivity contribution in [1.29, 1.82) is 0 Å². The topological polar surface area (TPSA) is 44.1 Å². The first-order valence-corrected chi connectivity index (χ1v) is 4.75. The summed E-state index contributed by atoms with van der Waals surface area (Å²) >= 11 is 0. The number of nitrogens with zero attached hydrogens (tertiary/aromatic N) is 2. The van der Waals surface area contributed by atoms with E-state index in [0.717, 1.165) is 5.39 Å². The molecule has 0 aliphatic heterocycles. The van der Waals surface area contributed by atoms with E-state index in [1.54, 1.807) is 25.3 Å². The molecule has 4 heteroatoms. The van der Waals surface area contributed by atoms with Crippen molar-refractivity contribution in [3.63, 3.8) is 0 Å². The van der Waals surface area contributed by atoms with E-state index in [1.807, 2.05) is 6.07 Å². The van der Waals surface area contributed by atoms with Crippen LogP contribution < -0.4 is 0 Å². The number of carbonyl (C=O) groups excluding carboxylic acids is 1. The Balaban J connectivity index is 2.76. The van der Waals surface area contributed by atoms with Crippen molar-refractivity contribution in [1.82, 2.24) is 9.78 Å². The predicted octanol–water partition coefficient (Wildman–Crippen LogP) is 1.65. The van der Waals surface area contributed by atoms with Crippen molar-refractivity contribution in [3.8, 4) is 12.0 Å². The molecule has 0 aliphatic rings. The molecule has 1 aromatic heterocycles. The zero-order valence-corrected chi connectivity index (χ0v) is 9.02. The highest BCUT2D eigenvalue weighted by molar-refractivity contribution is 6.03. The van der Waals surface area contributed by atoms with Crippen LogP contribution in [0.15, 0.2) is 24.4 Å². The highest BCUT2D eigenvalue weighted by Crippen LogP contribution is 2.18. The molecule has 0 amide bonds. The number of aromatic nitrogens is 2. The van der Waals surface area contributed by atoms with E-state index < -0.39 is 0 Å². The number of methoxy groups -OCH3 is 1. The van der Waals surface area contributed by atoms with Crippen LogP contribution in [0.4, 0.5) is 0 Å². The number of rotatable bonds is 1. The van der Waals surface area contributed by atoms with Gasteiger partial charge in [-0.3, -0.25) is 0 Å². The molecule has 0 unspecified atom stereocenters. The lowest BCUT2D eigenvalue weighted by molar-refractivity contribution is 0.0602. The van der Waals surface area contributed by atoms with Crippen LogP contribution in [0.2, 0.25) is 0 Å². The molecule has 0 N–H and O–H groups in total. The van der Waals surface area contributed by atoms with Crippen LogP contribution in [-0.4, -0.2) is 22.9 Å². The monoisotopic (exact) mass is 214 g/mol. The Labute approximate surface area is 92.8 Å². The first kappa shape index (κ1) is 10.2. The number of esters is 1. The minimum atomic E-state index is -0.384. The highest BCUT2D eigenvalue weighted by atomic mass is 16.5. The molecular formula is C12H10N2O2. The van der Waals surface area contributed by atoms with E-state index in [0.29, 0.717) is 11.1 Å². The second kappa shape index (κ2) is 4.07. The predicted molar refractivity (Wildman–Crippen MR) is 59.9 cm³/mol. The Hall–Kier alpha value is -2.28. The van der Waals surface area contributed by atoms with Gasteiger partial charge in [0.2, 0.25) is 0 Å². The van der Waals surface area contributed by atoms with Gasteiger partial charge in [-0.05, 0) is 13.0 Å². The number of para-hydroxylation sites is 1. The summed E-state index contributed by atoms with van der Waals surface area (Å²) in [7, 11) is 1.35. The first-order chi connectivity index (χ1) is 7.77. The zero-order valence-electron chi connectivity index (χ0n) is 9.02. The van der Waals surface area contributed by atoms with E-state index in [9.17, 15) is 4.79 Å². The van der Waals surface area contributed by atoms with Crippen molar-refractivity contribution >= 4 is 16.9 Å². The lowest BCUT2D eigenvalue weighted by Crippen LogP contribution is -2.04. The van der Waals surface area contributed by atoms with Gasteiger partial charge in [0, 0.05) is 11.4 Å². The van der Waals surface area contributed by atoms with Crippen LogP contribution in [-0.2, 0) is 4.74 Å². The number of fused-ring (bicyclic) bond motifs is 1. The molecule has 2 aromatic rings. The molecule has 80 valence electrons. The Morgan fingerprint density at radius 3 is 3.00 bits per heavy atom. The second-order valence-corrected chi connectivity index (χ2v) is 3.15. The molecule has 0 saturated heterocycles. The smallest absolute Gasteiger partial charge is 0.340 e. The molecule has 0 aliphatic carbocycles. The molecule has 0 spiro atoms. The summed E-state index contributed by atoms with van der Waals surface area (Å²) in [4.78, 5) is 11.6. The highest BCUT2D eigenvalue weighted by Gasteiger charge is 2.13. The Bertz CT molecular complexity index is 602. The fraction of sp³-hybridized carbons (Fsp3) is 0.167. The van der Waals surface area contributed by atoms with Crippen LogP contribution in [0.1, 0.15) is 17.3 Å². The fourth-order valence-electron chi connectivity index (χ4n) is 1.54. The molecule has 0 atom stereocenters. The summed E-state index contributed by atoms with van der Waals surface area (Å²) in [5, 5.41) is 4.96. The average Bonchev–Trinajstić information content (AvgIpc) is 2.72. The molecule has 4 nitrogen and oxygen atoms in total. The van der Waals surface area contributed by atoms with Gasteiger partial charge >= 0.3 is 5.97 Å². The summed E-state index contributed by atoms with van der Waals surface area (Å²) < 4.78 is 6.21. The third kappa shape index (κ3) is 1.52. The van der Waals surface area contributed by atoms with Gasteiger partial charge in [0.15, 0.2) is 0 Å². The van der Waals surface area contributed by atoms with Gasteiger partial charge < -0.3 is 4.74 Å². The zero-order chi connectivity index (χ0) is 11.5. The van der Waals surface area contributed by atoms with Crippen molar-refractivity contribution < 1.29 is 9.53 Å². The van der Waals surface area contributed by atoms with Gasteiger partial charge in [0.1, 0.15) is 0 Å². The largest absolute Gasteiger partial charge is 0.465 e. The molecule has 2 rings (SSSR count). The lowest BCUT2D eigenvalue weighted by atomic mass is 10.1. The summed E-state index contributed by atoms with van der Waals surface area (Å²) in [5.41, 5.74) is 1.16. The van der Waals surface area contributed by atoms with Gasteiger partial charge in [0.05, 0.1) is 24.4 Å². The van der Waals surface area contributed by atoms with Crippen LogP contribution in [0, 0.1) is 12.0 Å². The average molecular weight is 214 g/mol. The van der Waals surface area contributed by atoms with E-state index in [-0.39, 0.29) is 5.97 Å². The SMILES string of the molecule is CC#Cn1ncc2cccc(C(=O)OC)c21. The molecule has 16 heavy (non-hydrogen) atoms. The van der Waals surface area contributed by atoms with E-state index in [1.165, 1.54) is 11.8 Å². The minimum absolute atomic E-state index is 0.384. The van der Waals surface area contributed by atoms with Crippen LogP contribution in [0.5, 0.6) is 0 Å². The van der Waals surface area contributed by atoms with Crippen molar-refractivity contribution in [2.24, 2.45) is 0 Å². The van der Waals surface area contributed by atoms with Gasteiger partial charge in [-0.25, -0.2) is 4.79 Å². The summed E-state index contributed by atoms with van der Waals surface area (Å²) in [6, 6.07) is 8.17. The van der Waals surface area contributed by atoms with E-state index in [4.69, 9.17) is 4.74 Å². The van der Waals surface area contributed by atoms with Gasteiger partial charge in [0.25, 0.3) is 0 Å². The summed E-state index contributed by atoms with van der Waals surface area (Å²) in [6.07, 6.45) is 1.67. The van der Waals surface area contributed by atoms with Gasteiger partial charge in [-0.2, -0.15) is 9.78 Å². The Morgan fingerprint density at radius 1 is 1.50 bits per heavy atom. The third-order valence-corrected chi connectivity index (χ3v) is 2.21. The van der Waals surface area contributed by atoms with Crippen molar-refractivity contribution in [3.05, 3.63) is 30.0 Å². The molecule has 1 heterocycles. The fourth-order valence-corrected chi connectivity index (χ4v) is 1.54. The maximum Gasteiger partial charge on any atom is 0.340 e. The molecule has 0 fully saturated rings. The summed E-state index contributed by atoms with van der Waals surface area (Å²) in [5.74, 6) is 2.36. The van der Waals surface area contributed by atoms with Crippen molar-refractivity contribution in [2.75, 3.05) is 7.11 Å². The van der Waals surface area contributed by atoms with Crippen LogP contribution in [0.25, 0.3) is 10.9 Å². The normalized spacial score (nSPS) is 9.62.